The molecule has 0 radical (unpaired) electrons. The van der Waals surface area contributed by atoms with Crippen LogP contribution in [-0.4, -0.2) is 18.4 Å². The van der Waals surface area contributed by atoms with E-state index in [1.807, 2.05) is 31.2 Å². The van der Waals surface area contributed by atoms with Gasteiger partial charge in [0.1, 0.15) is 5.82 Å². The highest BCUT2D eigenvalue weighted by Crippen LogP contribution is 2.18. The number of sulfonamides is 1. The van der Waals surface area contributed by atoms with E-state index in [1.165, 1.54) is 0 Å². The Morgan fingerprint density at radius 1 is 1.09 bits per heavy atom. The summed E-state index contributed by atoms with van der Waals surface area (Å²) in [6.45, 7) is 3.68. The lowest BCUT2D eigenvalue weighted by Gasteiger charge is -2.12. The Balaban J connectivity index is 1.86. The first-order valence-electron chi connectivity index (χ1n) is 6.99. The average Bonchev–Trinajstić information content (AvgIpc) is 2.91. The summed E-state index contributed by atoms with van der Waals surface area (Å²) in [5.41, 5.74) is 2.72. The van der Waals surface area contributed by atoms with Gasteiger partial charge in [-0.1, -0.05) is 29.8 Å². The zero-order valence-corrected chi connectivity index (χ0v) is 13.2. The molecule has 0 saturated heterocycles. The van der Waals surface area contributed by atoms with Crippen LogP contribution in [0.2, 0.25) is 0 Å². The maximum Gasteiger partial charge on any atom is 0.241 e. The Kier molecular flexibility index (Phi) is 3.72. The lowest BCUT2D eigenvalue weighted by Crippen LogP contribution is -2.27. The highest BCUT2D eigenvalue weighted by molar-refractivity contribution is 7.89. The number of para-hydroxylation sites is 2. The van der Waals surface area contributed by atoms with E-state index in [1.54, 1.807) is 31.2 Å². The van der Waals surface area contributed by atoms with Crippen molar-refractivity contribution in [2.45, 2.75) is 24.8 Å². The number of hydrogen-bond acceptors (Lipinski definition) is 3. The number of H-pyrrole nitrogens is 1. The van der Waals surface area contributed by atoms with E-state index in [2.05, 4.69) is 14.7 Å². The molecule has 6 heteroatoms. The summed E-state index contributed by atoms with van der Waals surface area (Å²) in [7, 11) is -3.57. The van der Waals surface area contributed by atoms with Crippen molar-refractivity contribution in [2.75, 3.05) is 0 Å². The zero-order chi connectivity index (χ0) is 15.7. The van der Waals surface area contributed by atoms with Gasteiger partial charge in [-0.2, -0.15) is 0 Å². The van der Waals surface area contributed by atoms with Crippen LogP contribution in [-0.2, 0) is 10.0 Å². The first-order valence-corrected chi connectivity index (χ1v) is 8.48. The van der Waals surface area contributed by atoms with E-state index < -0.39 is 16.1 Å². The van der Waals surface area contributed by atoms with E-state index in [-0.39, 0.29) is 4.90 Å². The van der Waals surface area contributed by atoms with Crippen molar-refractivity contribution in [3.05, 3.63) is 59.9 Å². The number of fused-ring (bicyclic) bond motifs is 1. The average molecular weight is 315 g/mol. The Labute approximate surface area is 129 Å². The molecule has 3 rings (SSSR count). The molecular formula is C16H17N3O2S. The Hall–Kier alpha value is -2.18. The highest BCUT2D eigenvalue weighted by atomic mass is 32.2. The molecule has 0 aliphatic rings. The lowest BCUT2D eigenvalue weighted by atomic mass is 10.2. The largest absolute Gasteiger partial charge is 0.341 e. The molecule has 0 amide bonds. The van der Waals surface area contributed by atoms with Crippen LogP contribution in [0.4, 0.5) is 0 Å². The molecule has 5 nitrogen and oxygen atoms in total. The fourth-order valence-corrected chi connectivity index (χ4v) is 3.46. The summed E-state index contributed by atoms with van der Waals surface area (Å²) >= 11 is 0. The van der Waals surface area contributed by atoms with Gasteiger partial charge in [0, 0.05) is 0 Å². The summed E-state index contributed by atoms with van der Waals surface area (Å²) in [6, 6.07) is 13.9. The van der Waals surface area contributed by atoms with Gasteiger partial charge in [0.15, 0.2) is 0 Å². The van der Waals surface area contributed by atoms with Gasteiger partial charge in [0.25, 0.3) is 0 Å². The summed E-state index contributed by atoms with van der Waals surface area (Å²) < 4.78 is 27.4. The number of aryl methyl sites for hydroxylation is 1. The highest BCUT2D eigenvalue weighted by Gasteiger charge is 2.20. The van der Waals surface area contributed by atoms with E-state index in [4.69, 9.17) is 0 Å². The van der Waals surface area contributed by atoms with Crippen molar-refractivity contribution in [2.24, 2.45) is 0 Å². The molecule has 114 valence electrons. The molecular weight excluding hydrogens is 298 g/mol. The molecule has 0 aliphatic carbocycles. The number of aromatic nitrogens is 2. The summed E-state index contributed by atoms with van der Waals surface area (Å²) in [4.78, 5) is 7.81. The summed E-state index contributed by atoms with van der Waals surface area (Å²) in [5, 5.41) is 0. The quantitative estimate of drug-likeness (QED) is 0.777. The van der Waals surface area contributed by atoms with Crippen LogP contribution in [0.3, 0.4) is 0 Å². The van der Waals surface area contributed by atoms with Gasteiger partial charge in [0.2, 0.25) is 10.0 Å². The molecule has 0 unspecified atom stereocenters. The molecule has 3 aromatic rings. The van der Waals surface area contributed by atoms with Crippen LogP contribution in [0.1, 0.15) is 24.4 Å². The molecule has 0 saturated carbocycles. The molecule has 2 N–H and O–H groups in total. The predicted octanol–water partition coefficient (Wildman–Crippen LogP) is 2.91. The molecule has 1 atom stereocenters. The minimum atomic E-state index is -3.57. The van der Waals surface area contributed by atoms with Gasteiger partial charge in [-0.3, -0.25) is 0 Å². The second-order valence-corrected chi connectivity index (χ2v) is 7.01. The Morgan fingerprint density at radius 2 is 1.77 bits per heavy atom. The first kappa shape index (κ1) is 14.7. The number of hydrogen-bond donors (Lipinski definition) is 2. The van der Waals surface area contributed by atoms with Crippen molar-refractivity contribution in [3.8, 4) is 0 Å². The van der Waals surface area contributed by atoms with E-state index in [0.717, 1.165) is 16.6 Å². The van der Waals surface area contributed by atoms with Gasteiger partial charge in [0.05, 0.1) is 22.0 Å². The van der Waals surface area contributed by atoms with Crippen molar-refractivity contribution in [1.82, 2.24) is 14.7 Å². The van der Waals surface area contributed by atoms with Crippen LogP contribution >= 0.6 is 0 Å². The third-order valence-electron chi connectivity index (χ3n) is 3.48. The molecule has 0 aliphatic heterocycles. The molecule has 0 bridgehead atoms. The van der Waals surface area contributed by atoms with Gasteiger partial charge < -0.3 is 4.98 Å². The third kappa shape index (κ3) is 2.88. The number of benzene rings is 2. The van der Waals surface area contributed by atoms with Crippen LogP contribution in [0.15, 0.2) is 53.4 Å². The van der Waals surface area contributed by atoms with Crippen molar-refractivity contribution in [3.63, 3.8) is 0 Å². The van der Waals surface area contributed by atoms with Crippen LogP contribution < -0.4 is 4.72 Å². The SMILES string of the molecule is Cc1ccc(S(=O)(=O)N[C@H](C)c2nc3ccccc3[nH]2)cc1. The van der Waals surface area contributed by atoms with Gasteiger partial charge in [-0.05, 0) is 38.1 Å². The number of aromatic amines is 1. The Morgan fingerprint density at radius 3 is 2.45 bits per heavy atom. The maximum atomic E-state index is 12.4. The number of nitrogens with zero attached hydrogens (tertiary/aromatic N) is 1. The van der Waals surface area contributed by atoms with Crippen LogP contribution in [0, 0.1) is 6.92 Å². The normalized spacial score (nSPS) is 13.4. The second-order valence-electron chi connectivity index (χ2n) is 5.30. The van der Waals surface area contributed by atoms with E-state index >= 15 is 0 Å². The fraction of sp³-hybridized carbons (Fsp3) is 0.188. The smallest absolute Gasteiger partial charge is 0.241 e. The molecule has 0 fully saturated rings. The van der Waals surface area contributed by atoms with Gasteiger partial charge in [-0.15, -0.1) is 0 Å². The van der Waals surface area contributed by atoms with Crippen molar-refractivity contribution in [1.29, 1.82) is 0 Å². The monoisotopic (exact) mass is 315 g/mol. The van der Waals surface area contributed by atoms with Crippen LogP contribution in [0.5, 0.6) is 0 Å². The maximum absolute atomic E-state index is 12.4. The van der Waals surface area contributed by atoms with Crippen LogP contribution in [0.25, 0.3) is 11.0 Å². The second kappa shape index (κ2) is 5.55. The molecule has 1 heterocycles. The molecule has 0 spiro atoms. The number of imidazole rings is 1. The van der Waals surface area contributed by atoms with Crippen molar-refractivity contribution < 1.29 is 8.42 Å². The minimum Gasteiger partial charge on any atom is -0.341 e. The standard InChI is InChI=1S/C16H17N3O2S/c1-11-7-9-13(10-8-11)22(20,21)19-12(2)16-17-14-5-3-4-6-15(14)18-16/h3-10,12,19H,1-2H3,(H,17,18)/t12-/m1/s1. The van der Waals surface area contributed by atoms with Gasteiger partial charge in [-0.25, -0.2) is 18.1 Å². The summed E-state index contributed by atoms with van der Waals surface area (Å²) in [5.74, 6) is 0.594. The van der Waals surface area contributed by atoms with Gasteiger partial charge >= 0.3 is 0 Å². The topological polar surface area (TPSA) is 74.8 Å². The van der Waals surface area contributed by atoms with E-state index in [0.29, 0.717) is 5.82 Å². The summed E-state index contributed by atoms with van der Waals surface area (Å²) in [6.07, 6.45) is 0. The predicted molar refractivity (Wildman–Crippen MR) is 86.0 cm³/mol. The van der Waals surface area contributed by atoms with Crippen molar-refractivity contribution >= 4 is 21.1 Å². The fourth-order valence-electron chi connectivity index (χ4n) is 2.25. The molecule has 22 heavy (non-hydrogen) atoms. The number of rotatable bonds is 4. The number of nitrogens with one attached hydrogen (secondary N) is 2. The Bertz CT molecular complexity index is 866. The molecule has 1 aromatic heterocycles. The molecule has 2 aromatic carbocycles. The minimum absolute atomic E-state index is 0.251. The third-order valence-corrected chi connectivity index (χ3v) is 5.04. The lowest BCUT2D eigenvalue weighted by molar-refractivity contribution is 0.561. The first-order chi connectivity index (χ1) is 10.5. The zero-order valence-electron chi connectivity index (χ0n) is 12.4. The van der Waals surface area contributed by atoms with E-state index in [9.17, 15) is 8.42 Å².